The number of hydrogen-bond acceptors (Lipinski definition) is 6. The number of allylic oxidation sites excluding steroid dienone is 1. The lowest BCUT2D eigenvalue weighted by Gasteiger charge is -2.13. The number of rotatable bonds is 6. The van der Waals surface area contributed by atoms with Crippen LogP contribution in [0, 0.1) is 0 Å². The second kappa shape index (κ2) is 7.95. The van der Waals surface area contributed by atoms with E-state index in [0.29, 0.717) is 22.8 Å². The number of carbonyl (C=O) groups excluding carboxylic acids is 2. The van der Waals surface area contributed by atoms with Gasteiger partial charge in [-0.15, -0.1) is 0 Å². The van der Waals surface area contributed by atoms with E-state index in [2.05, 4.69) is 0 Å². The number of hydrogen-bond donors (Lipinski definition) is 0. The van der Waals surface area contributed by atoms with E-state index >= 15 is 0 Å². The van der Waals surface area contributed by atoms with Gasteiger partial charge in [-0.1, -0.05) is 12.1 Å². The van der Waals surface area contributed by atoms with Crippen LogP contribution in [-0.4, -0.2) is 31.6 Å². The highest BCUT2D eigenvalue weighted by Crippen LogP contribution is 2.35. The van der Waals surface area contributed by atoms with Gasteiger partial charge in [0.05, 0.1) is 19.3 Å². The number of benzene rings is 2. The molecule has 6 nitrogen and oxygen atoms in total. The van der Waals surface area contributed by atoms with E-state index in [1.54, 1.807) is 45.2 Å². The highest BCUT2D eigenvalue weighted by Gasteiger charge is 2.28. The SMILES string of the molecule is CCOC(=O)[C@@H](C)Oc1ccc2c(c1)OC(=Cc1cccc(OC)c1)C2=O. The van der Waals surface area contributed by atoms with Gasteiger partial charge in [-0.3, -0.25) is 4.79 Å². The van der Waals surface area contributed by atoms with Gasteiger partial charge in [-0.25, -0.2) is 4.79 Å². The third-order valence-corrected chi connectivity index (χ3v) is 3.96. The van der Waals surface area contributed by atoms with Gasteiger partial charge in [0, 0.05) is 6.07 Å². The van der Waals surface area contributed by atoms with Crippen LogP contribution in [0.25, 0.3) is 6.08 Å². The third kappa shape index (κ3) is 4.11. The van der Waals surface area contributed by atoms with Crippen LogP contribution < -0.4 is 14.2 Å². The quantitative estimate of drug-likeness (QED) is 0.573. The average Bonchev–Trinajstić information content (AvgIpc) is 2.97. The van der Waals surface area contributed by atoms with Crippen molar-refractivity contribution in [2.24, 2.45) is 0 Å². The van der Waals surface area contributed by atoms with Crippen LogP contribution in [0.5, 0.6) is 17.2 Å². The van der Waals surface area contributed by atoms with Crippen molar-refractivity contribution < 1.29 is 28.5 Å². The first-order chi connectivity index (χ1) is 13.0. The van der Waals surface area contributed by atoms with Crippen LogP contribution in [0.15, 0.2) is 48.2 Å². The molecule has 3 rings (SSSR count). The third-order valence-electron chi connectivity index (χ3n) is 3.96. The van der Waals surface area contributed by atoms with Gasteiger partial charge in [0.25, 0.3) is 0 Å². The highest BCUT2D eigenvalue weighted by atomic mass is 16.6. The Labute approximate surface area is 157 Å². The van der Waals surface area contributed by atoms with Crippen molar-refractivity contribution >= 4 is 17.8 Å². The van der Waals surface area contributed by atoms with Crippen LogP contribution in [0.3, 0.4) is 0 Å². The molecule has 0 aromatic heterocycles. The van der Waals surface area contributed by atoms with Crippen molar-refractivity contribution in [2.45, 2.75) is 20.0 Å². The minimum atomic E-state index is -0.757. The standard InChI is InChI=1S/C21H20O6/c1-4-25-21(23)13(2)26-16-8-9-17-18(12-16)27-19(20(17)22)11-14-6-5-7-15(10-14)24-3/h5-13H,4H2,1-3H3/t13-/m1/s1. The highest BCUT2D eigenvalue weighted by molar-refractivity contribution is 6.14. The zero-order valence-electron chi connectivity index (χ0n) is 15.4. The number of carbonyl (C=O) groups is 2. The molecule has 1 aliphatic heterocycles. The smallest absolute Gasteiger partial charge is 0.347 e. The van der Waals surface area contributed by atoms with Crippen LogP contribution >= 0.6 is 0 Å². The molecule has 2 aromatic rings. The van der Waals surface area contributed by atoms with Crippen molar-refractivity contribution in [3.8, 4) is 17.2 Å². The topological polar surface area (TPSA) is 71.1 Å². The minimum absolute atomic E-state index is 0.210. The summed E-state index contributed by atoms with van der Waals surface area (Å²) in [4.78, 5) is 24.2. The molecule has 0 saturated heterocycles. The molecule has 0 bridgehead atoms. The summed E-state index contributed by atoms with van der Waals surface area (Å²) in [7, 11) is 1.58. The lowest BCUT2D eigenvalue weighted by atomic mass is 10.1. The molecule has 0 radical (unpaired) electrons. The van der Waals surface area contributed by atoms with E-state index in [-0.39, 0.29) is 18.1 Å². The van der Waals surface area contributed by atoms with E-state index in [1.165, 1.54) is 0 Å². The van der Waals surface area contributed by atoms with E-state index in [4.69, 9.17) is 18.9 Å². The first kappa shape index (κ1) is 18.5. The molecule has 1 atom stereocenters. The number of ether oxygens (including phenoxy) is 4. The Morgan fingerprint density at radius 1 is 1.19 bits per heavy atom. The summed E-state index contributed by atoms with van der Waals surface area (Å²) in [6.45, 7) is 3.62. The van der Waals surface area contributed by atoms with Crippen LogP contribution in [0.1, 0.15) is 29.8 Å². The fourth-order valence-electron chi connectivity index (χ4n) is 2.64. The molecule has 1 heterocycles. The lowest BCUT2D eigenvalue weighted by molar-refractivity contribution is -0.150. The average molecular weight is 368 g/mol. The first-order valence-electron chi connectivity index (χ1n) is 8.57. The Morgan fingerprint density at radius 3 is 2.74 bits per heavy atom. The Bertz CT molecular complexity index is 899. The molecular weight excluding hydrogens is 348 g/mol. The molecule has 0 saturated carbocycles. The van der Waals surface area contributed by atoms with E-state index in [9.17, 15) is 9.59 Å². The maximum Gasteiger partial charge on any atom is 0.347 e. The predicted octanol–water partition coefficient (Wildman–Crippen LogP) is 3.64. The van der Waals surface area contributed by atoms with Crippen LogP contribution in [0.2, 0.25) is 0 Å². The van der Waals surface area contributed by atoms with Crippen molar-refractivity contribution in [2.75, 3.05) is 13.7 Å². The van der Waals surface area contributed by atoms with E-state index in [1.807, 2.05) is 24.3 Å². The molecular formula is C21H20O6. The Hall–Kier alpha value is -3.28. The zero-order chi connectivity index (χ0) is 19.4. The molecule has 0 N–H and O–H groups in total. The summed E-state index contributed by atoms with van der Waals surface area (Å²) in [5.74, 6) is 1.06. The second-order valence-electron chi connectivity index (χ2n) is 5.89. The summed E-state index contributed by atoms with van der Waals surface area (Å²) >= 11 is 0. The van der Waals surface area contributed by atoms with Crippen molar-refractivity contribution in [3.63, 3.8) is 0 Å². The van der Waals surface area contributed by atoms with Gasteiger partial charge >= 0.3 is 5.97 Å². The Balaban J connectivity index is 1.79. The summed E-state index contributed by atoms with van der Waals surface area (Å²) in [6, 6.07) is 12.2. The fraction of sp³-hybridized carbons (Fsp3) is 0.238. The molecule has 1 aliphatic rings. The Morgan fingerprint density at radius 2 is 2.00 bits per heavy atom. The maximum absolute atomic E-state index is 12.5. The normalized spacial score (nSPS) is 15.1. The van der Waals surface area contributed by atoms with Crippen LogP contribution in [0.4, 0.5) is 0 Å². The van der Waals surface area contributed by atoms with Gasteiger partial charge < -0.3 is 18.9 Å². The first-order valence-corrected chi connectivity index (χ1v) is 8.57. The monoisotopic (exact) mass is 368 g/mol. The van der Waals surface area contributed by atoms with Gasteiger partial charge in [-0.2, -0.15) is 0 Å². The molecule has 0 amide bonds. The van der Waals surface area contributed by atoms with Crippen molar-refractivity contribution in [1.82, 2.24) is 0 Å². The zero-order valence-corrected chi connectivity index (χ0v) is 15.4. The van der Waals surface area contributed by atoms with E-state index in [0.717, 1.165) is 5.56 Å². The van der Waals surface area contributed by atoms with Gasteiger partial charge in [0.1, 0.15) is 17.2 Å². The Kier molecular flexibility index (Phi) is 5.45. The van der Waals surface area contributed by atoms with Gasteiger partial charge in [-0.05, 0) is 49.8 Å². The lowest BCUT2D eigenvalue weighted by Crippen LogP contribution is -2.26. The van der Waals surface area contributed by atoms with Gasteiger partial charge in [0.2, 0.25) is 5.78 Å². The maximum atomic E-state index is 12.5. The summed E-state index contributed by atoms with van der Waals surface area (Å²) in [6.07, 6.45) is 0.902. The second-order valence-corrected chi connectivity index (χ2v) is 5.89. The molecule has 0 spiro atoms. The van der Waals surface area contributed by atoms with Crippen molar-refractivity contribution in [1.29, 1.82) is 0 Å². The van der Waals surface area contributed by atoms with Crippen LogP contribution in [-0.2, 0) is 9.53 Å². The molecule has 0 fully saturated rings. The predicted molar refractivity (Wildman–Crippen MR) is 99.1 cm³/mol. The molecule has 6 heteroatoms. The fourth-order valence-corrected chi connectivity index (χ4v) is 2.64. The summed E-state index contributed by atoms with van der Waals surface area (Å²) < 4.78 is 21.4. The number of Topliss-reactive ketones (excluding diaryl/α,β-unsaturated/α-hetero) is 1. The van der Waals surface area contributed by atoms with E-state index < -0.39 is 12.1 Å². The molecule has 27 heavy (non-hydrogen) atoms. The molecule has 0 aliphatic carbocycles. The minimum Gasteiger partial charge on any atom is -0.497 e. The van der Waals surface area contributed by atoms with Crippen molar-refractivity contribution in [3.05, 3.63) is 59.4 Å². The molecule has 2 aromatic carbocycles. The number of ketones is 1. The molecule has 0 unspecified atom stereocenters. The largest absolute Gasteiger partial charge is 0.497 e. The number of esters is 1. The summed E-state index contributed by atoms with van der Waals surface area (Å²) in [5.41, 5.74) is 1.23. The number of methoxy groups -OCH3 is 1. The molecule has 140 valence electrons. The number of fused-ring (bicyclic) bond motifs is 1. The van der Waals surface area contributed by atoms with Gasteiger partial charge in [0.15, 0.2) is 11.9 Å². The summed E-state index contributed by atoms with van der Waals surface area (Å²) in [5, 5.41) is 0.